The third kappa shape index (κ3) is 5.13. The van der Waals surface area contributed by atoms with Crippen LogP contribution >= 0.6 is 11.6 Å². The number of pyridine rings is 1. The van der Waals surface area contributed by atoms with Crippen molar-refractivity contribution in [3.63, 3.8) is 0 Å². The monoisotopic (exact) mass is 447 g/mol. The number of alkyl halides is 3. The number of hydrogen-bond acceptors (Lipinski definition) is 5. The van der Waals surface area contributed by atoms with Crippen LogP contribution in [0.3, 0.4) is 0 Å². The number of hydrogen-bond donors (Lipinski definition) is 1. The second kappa shape index (κ2) is 8.27. The third-order valence-corrected chi connectivity index (χ3v) is 4.56. The van der Waals surface area contributed by atoms with E-state index in [9.17, 15) is 18.0 Å². The first-order chi connectivity index (χ1) is 14.8. The molecule has 31 heavy (non-hydrogen) atoms. The normalized spacial score (nSPS) is 11.5. The fourth-order valence-corrected chi connectivity index (χ4v) is 3.00. The zero-order chi connectivity index (χ0) is 22.0. The molecule has 158 valence electrons. The highest BCUT2D eigenvalue weighted by Gasteiger charge is 2.31. The molecule has 0 aliphatic heterocycles. The molecule has 2 aromatic heterocycles. The molecule has 4 rings (SSSR count). The molecule has 0 radical (unpaired) electrons. The van der Waals surface area contributed by atoms with Gasteiger partial charge in [-0.2, -0.15) is 4.98 Å². The second-order valence-corrected chi connectivity index (χ2v) is 6.98. The van der Waals surface area contributed by atoms with Crippen LogP contribution in [-0.4, -0.2) is 21.5 Å². The van der Waals surface area contributed by atoms with Crippen LogP contribution in [0.4, 0.5) is 13.2 Å². The van der Waals surface area contributed by atoms with E-state index in [1.54, 1.807) is 18.2 Å². The summed E-state index contributed by atoms with van der Waals surface area (Å²) >= 11 is 5.89. The summed E-state index contributed by atoms with van der Waals surface area (Å²) in [5.74, 6) is -0.0225. The van der Waals surface area contributed by atoms with Gasteiger partial charge in [-0.05, 0) is 48.0 Å². The molecular weight excluding hydrogens is 435 g/mol. The van der Waals surface area contributed by atoms with Crippen molar-refractivity contribution in [3.8, 4) is 28.6 Å². The smallest absolute Gasteiger partial charge is 0.406 e. The molecule has 1 N–H and O–H groups in total. The maximum absolute atomic E-state index is 12.3. The maximum Gasteiger partial charge on any atom is 0.573 e. The van der Waals surface area contributed by atoms with Gasteiger partial charge in [0.1, 0.15) is 5.75 Å². The molecule has 0 spiro atoms. The number of halogens is 4. The van der Waals surface area contributed by atoms with Crippen LogP contribution in [0.25, 0.3) is 22.8 Å². The Balaban J connectivity index is 1.56. The average Bonchev–Trinajstić information content (AvgIpc) is 3.21. The summed E-state index contributed by atoms with van der Waals surface area (Å²) in [6, 6.07) is 13.9. The van der Waals surface area contributed by atoms with Gasteiger partial charge in [0.2, 0.25) is 5.82 Å². The number of aromatic nitrogens is 3. The van der Waals surface area contributed by atoms with Crippen molar-refractivity contribution in [1.82, 2.24) is 15.1 Å². The molecule has 0 aliphatic rings. The molecule has 0 unspecified atom stereocenters. The highest BCUT2D eigenvalue weighted by atomic mass is 35.5. The molecule has 0 bridgehead atoms. The number of aromatic amines is 1. The van der Waals surface area contributed by atoms with Crippen molar-refractivity contribution < 1.29 is 22.4 Å². The van der Waals surface area contributed by atoms with Crippen LogP contribution in [0.5, 0.6) is 5.75 Å². The number of H-pyrrole nitrogens is 1. The topological polar surface area (TPSA) is 81.0 Å². The lowest BCUT2D eigenvalue weighted by Crippen LogP contribution is -2.16. The number of nitrogens with one attached hydrogen (secondary N) is 1. The van der Waals surface area contributed by atoms with Crippen molar-refractivity contribution in [2.75, 3.05) is 0 Å². The van der Waals surface area contributed by atoms with Crippen LogP contribution in [0.1, 0.15) is 11.1 Å². The summed E-state index contributed by atoms with van der Waals surface area (Å²) in [4.78, 5) is 19.1. The summed E-state index contributed by atoms with van der Waals surface area (Å²) < 4.78 is 45.9. The lowest BCUT2D eigenvalue weighted by molar-refractivity contribution is -0.274. The van der Waals surface area contributed by atoms with Crippen LogP contribution in [0.15, 0.2) is 70.1 Å². The largest absolute Gasteiger partial charge is 0.573 e. The number of rotatable bonds is 5. The number of benzene rings is 2. The lowest BCUT2D eigenvalue weighted by Gasteiger charge is -2.08. The van der Waals surface area contributed by atoms with Crippen LogP contribution in [-0.2, 0) is 6.42 Å². The van der Waals surface area contributed by atoms with Gasteiger partial charge >= 0.3 is 6.36 Å². The second-order valence-electron chi connectivity index (χ2n) is 6.54. The van der Waals surface area contributed by atoms with Crippen molar-refractivity contribution in [2.45, 2.75) is 12.8 Å². The molecule has 0 atom stereocenters. The zero-order valence-corrected chi connectivity index (χ0v) is 16.4. The van der Waals surface area contributed by atoms with Crippen molar-refractivity contribution >= 4 is 11.6 Å². The van der Waals surface area contributed by atoms with Gasteiger partial charge in [-0.15, -0.1) is 13.2 Å². The maximum atomic E-state index is 12.3. The molecule has 0 saturated carbocycles. The first-order valence-corrected chi connectivity index (χ1v) is 9.31. The van der Waals surface area contributed by atoms with Gasteiger partial charge in [-0.1, -0.05) is 28.9 Å². The molecule has 0 amide bonds. The summed E-state index contributed by atoms with van der Waals surface area (Å²) in [7, 11) is 0. The van der Waals surface area contributed by atoms with Crippen molar-refractivity contribution in [2.24, 2.45) is 0 Å². The Bertz CT molecular complexity index is 1250. The van der Waals surface area contributed by atoms with E-state index in [-0.39, 0.29) is 23.0 Å². The lowest BCUT2D eigenvalue weighted by atomic mass is 10.1. The van der Waals surface area contributed by atoms with E-state index in [1.165, 1.54) is 18.3 Å². The van der Waals surface area contributed by atoms with Crippen LogP contribution < -0.4 is 10.3 Å². The third-order valence-electron chi connectivity index (χ3n) is 4.31. The predicted molar refractivity (Wildman–Crippen MR) is 107 cm³/mol. The highest BCUT2D eigenvalue weighted by molar-refractivity contribution is 6.30. The van der Waals surface area contributed by atoms with E-state index in [0.717, 1.165) is 17.7 Å². The van der Waals surface area contributed by atoms with Gasteiger partial charge in [0, 0.05) is 28.8 Å². The Morgan fingerprint density at radius 1 is 1.03 bits per heavy atom. The molecule has 0 fully saturated rings. The standard InChI is InChI=1S/C21H13ClF3N3O3/c22-16-5-1-12(2-6-16)9-14-10-15(11-26-19(14)29)20-27-18(28-31-20)13-3-7-17(8-4-13)30-21(23,24)25/h1-8,10-11H,9H2,(H,26,29). The Morgan fingerprint density at radius 2 is 1.74 bits per heavy atom. The molecule has 2 heterocycles. The van der Waals surface area contributed by atoms with Gasteiger partial charge in [-0.3, -0.25) is 4.79 Å². The van der Waals surface area contributed by atoms with E-state index in [4.69, 9.17) is 16.1 Å². The van der Waals surface area contributed by atoms with Crippen molar-refractivity contribution in [3.05, 3.63) is 87.3 Å². The molecular formula is C21H13ClF3N3O3. The van der Waals surface area contributed by atoms with Gasteiger partial charge in [-0.25, -0.2) is 0 Å². The minimum absolute atomic E-state index is 0.152. The highest BCUT2D eigenvalue weighted by Crippen LogP contribution is 2.27. The number of ether oxygens (including phenoxy) is 1. The summed E-state index contributed by atoms with van der Waals surface area (Å²) in [5, 5.41) is 4.46. The Morgan fingerprint density at radius 3 is 2.42 bits per heavy atom. The summed E-state index contributed by atoms with van der Waals surface area (Å²) in [6.45, 7) is 0. The van der Waals surface area contributed by atoms with Gasteiger partial charge in [0.25, 0.3) is 11.4 Å². The minimum atomic E-state index is -4.77. The average molecular weight is 448 g/mol. The molecule has 0 saturated heterocycles. The predicted octanol–water partition coefficient (Wildman–Crippen LogP) is 5.23. The van der Waals surface area contributed by atoms with Gasteiger partial charge in [0.05, 0.1) is 5.56 Å². The summed E-state index contributed by atoms with van der Waals surface area (Å²) in [5.41, 5.74) is 2.08. The van der Waals surface area contributed by atoms with E-state index < -0.39 is 6.36 Å². The SMILES string of the molecule is O=c1[nH]cc(-c2nc(-c3ccc(OC(F)(F)F)cc3)no2)cc1Cc1ccc(Cl)cc1. The Kier molecular flexibility index (Phi) is 5.51. The fraction of sp³-hybridized carbons (Fsp3) is 0.0952. The van der Waals surface area contributed by atoms with Crippen LogP contribution in [0.2, 0.25) is 5.02 Å². The van der Waals surface area contributed by atoms with Gasteiger partial charge in [0.15, 0.2) is 0 Å². The molecule has 4 aromatic rings. The van der Waals surface area contributed by atoms with E-state index >= 15 is 0 Å². The zero-order valence-electron chi connectivity index (χ0n) is 15.6. The van der Waals surface area contributed by atoms with Gasteiger partial charge < -0.3 is 14.2 Å². The van der Waals surface area contributed by atoms with E-state index in [0.29, 0.717) is 28.1 Å². The minimum Gasteiger partial charge on any atom is -0.406 e. The first kappa shape index (κ1) is 20.7. The molecule has 0 aliphatic carbocycles. The Labute approximate surface area is 178 Å². The summed E-state index contributed by atoms with van der Waals surface area (Å²) in [6.07, 6.45) is -2.94. The molecule has 6 nitrogen and oxygen atoms in total. The molecule has 2 aromatic carbocycles. The van der Waals surface area contributed by atoms with E-state index in [2.05, 4.69) is 19.9 Å². The van der Waals surface area contributed by atoms with E-state index in [1.807, 2.05) is 12.1 Å². The fourth-order valence-electron chi connectivity index (χ4n) is 2.87. The quantitative estimate of drug-likeness (QED) is 0.453. The first-order valence-electron chi connectivity index (χ1n) is 8.93. The Hall–Kier alpha value is -3.59. The number of nitrogens with zero attached hydrogens (tertiary/aromatic N) is 2. The molecule has 10 heteroatoms. The van der Waals surface area contributed by atoms with Crippen molar-refractivity contribution in [1.29, 1.82) is 0 Å². The van der Waals surface area contributed by atoms with Crippen LogP contribution in [0, 0.1) is 0 Å².